The first-order valence-electron chi connectivity index (χ1n) is 4.02. The molecule has 0 aliphatic carbocycles. The summed E-state index contributed by atoms with van der Waals surface area (Å²) >= 11 is 1.58. The summed E-state index contributed by atoms with van der Waals surface area (Å²) in [4.78, 5) is 4.16. The molecule has 1 atom stereocenters. The molecule has 68 valence electrons. The highest BCUT2D eigenvalue weighted by atomic mass is 32.1. The van der Waals surface area contributed by atoms with Crippen molar-refractivity contribution in [2.75, 3.05) is 13.2 Å². The average molecular weight is 188 g/mol. The maximum Gasteiger partial charge on any atom is 0.0906 e. The third-order valence-corrected chi connectivity index (χ3v) is 2.26. The predicted octanol–water partition coefficient (Wildman–Crippen LogP) is 2.15. The van der Waals surface area contributed by atoms with Crippen LogP contribution in [0.3, 0.4) is 0 Å². The molecule has 1 heterocycles. The third-order valence-electron chi connectivity index (χ3n) is 1.66. The van der Waals surface area contributed by atoms with Gasteiger partial charge in [-0.15, -0.1) is 11.3 Å². The summed E-state index contributed by atoms with van der Waals surface area (Å²) in [6.45, 7) is 2.50. The molecule has 12 heavy (non-hydrogen) atoms. The average Bonchev–Trinajstić information content (AvgIpc) is 2.56. The number of nitrogens with one attached hydrogen (secondary N) is 1. The fourth-order valence-corrected chi connectivity index (χ4v) is 1.57. The van der Waals surface area contributed by atoms with Crippen LogP contribution in [0, 0.1) is 0 Å². The molecule has 0 spiro atoms. The van der Waals surface area contributed by atoms with E-state index in [-0.39, 0.29) is 12.7 Å². The molecule has 4 heteroatoms. The zero-order valence-electron chi connectivity index (χ0n) is 7.09. The summed E-state index contributed by atoms with van der Waals surface area (Å²) in [5.41, 5.74) is 2.85. The first-order valence-corrected chi connectivity index (χ1v) is 4.96. The standard InChI is InChI=1S/C8H13FN2S/c1-7(10-4-2-3-9)8-5-12-6-11-8/h5-7,10H,2-4H2,1H3. The fraction of sp³-hybridized carbons (Fsp3) is 0.625. The lowest BCUT2D eigenvalue weighted by atomic mass is 10.2. The molecule has 2 nitrogen and oxygen atoms in total. The van der Waals surface area contributed by atoms with Gasteiger partial charge in [0.2, 0.25) is 0 Å². The Morgan fingerprint density at radius 2 is 2.58 bits per heavy atom. The van der Waals surface area contributed by atoms with E-state index in [0.29, 0.717) is 6.42 Å². The molecule has 1 rings (SSSR count). The van der Waals surface area contributed by atoms with Crippen molar-refractivity contribution in [1.29, 1.82) is 0 Å². The lowest BCUT2D eigenvalue weighted by Gasteiger charge is -2.09. The van der Waals surface area contributed by atoms with Gasteiger partial charge in [0, 0.05) is 11.4 Å². The monoisotopic (exact) mass is 188 g/mol. The number of nitrogens with zero attached hydrogens (tertiary/aromatic N) is 1. The highest BCUT2D eigenvalue weighted by Crippen LogP contribution is 2.11. The van der Waals surface area contributed by atoms with Crippen LogP contribution in [0.15, 0.2) is 10.9 Å². The highest BCUT2D eigenvalue weighted by Gasteiger charge is 2.04. The van der Waals surface area contributed by atoms with Gasteiger partial charge in [0.15, 0.2) is 0 Å². The first-order chi connectivity index (χ1) is 5.84. The molecule has 0 fully saturated rings. The fourth-order valence-electron chi connectivity index (χ4n) is 0.926. The topological polar surface area (TPSA) is 24.9 Å². The van der Waals surface area contributed by atoms with Gasteiger partial charge in [-0.25, -0.2) is 4.98 Å². The maximum absolute atomic E-state index is 11.7. The van der Waals surface area contributed by atoms with Crippen LogP contribution in [0.1, 0.15) is 25.1 Å². The summed E-state index contributed by atoms with van der Waals surface area (Å²) in [6, 6.07) is 0.239. The zero-order valence-corrected chi connectivity index (χ0v) is 7.90. The second kappa shape index (κ2) is 5.22. The van der Waals surface area contributed by atoms with Gasteiger partial charge in [0.1, 0.15) is 0 Å². The minimum atomic E-state index is -0.253. The van der Waals surface area contributed by atoms with Crippen LogP contribution in [0.5, 0.6) is 0 Å². The quantitative estimate of drug-likeness (QED) is 0.716. The van der Waals surface area contributed by atoms with Crippen molar-refractivity contribution < 1.29 is 4.39 Å². The molecule has 0 aliphatic rings. The zero-order chi connectivity index (χ0) is 8.81. The van der Waals surface area contributed by atoms with E-state index in [0.717, 1.165) is 12.2 Å². The van der Waals surface area contributed by atoms with Crippen LogP contribution in [-0.2, 0) is 0 Å². The van der Waals surface area contributed by atoms with Gasteiger partial charge in [-0.1, -0.05) is 0 Å². The Labute approximate surface area is 75.8 Å². The van der Waals surface area contributed by atoms with Crippen LogP contribution in [-0.4, -0.2) is 18.2 Å². The van der Waals surface area contributed by atoms with E-state index in [2.05, 4.69) is 10.3 Å². The Hall–Kier alpha value is -0.480. The molecule has 0 amide bonds. The molecule has 1 unspecified atom stereocenters. The van der Waals surface area contributed by atoms with E-state index in [1.165, 1.54) is 0 Å². The van der Waals surface area contributed by atoms with Crippen molar-refractivity contribution in [3.05, 3.63) is 16.6 Å². The molecular weight excluding hydrogens is 175 g/mol. The predicted molar refractivity (Wildman–Crippen MR) is 49.1 cm³/mol. The number of rotatable bonds is 5. The number of hydrogen-bond acceptors (Lipinski definition) is 3. The smallest absolute Gasteiger partial charge is 0.0906 e. The van der Waals surface area contributed by atoms with E-state index >= 15 is 0 Å². The van der Waals surface area contributed by atoms with Gasteiger partial charge in [-0.3, -0.25) is 4.39 Å². The summed E-state index contributed by atoms with van der Waals surface area (Å²) in [6.07, 6.45) is 0.578. The van der Waals surface area contributed by atoms with Crippen LogP contribution < -0.4 is 5.32 Å². The lowest BCUT2D eigenvalue weighted by Crippen LogP contribution is -2.20. The maximum atomic E-state index is 11.7. The molecule has 0 saturated carbocycles. The minimum Gasteiger partial charge on any atom is -0.309 e. The minimum absolute atomic E-state index is 0.239. The van der Waals surface area contributed by atoms with Gasteiger partial charge in [0.05, 0.1) is 17.9 Å². The Bertz CT molecular complexity index is 201. The number of aromatic nitrogens is 1. The van der Waals surface area contributed by atoms with Gasteiger partial charge >= 0.3 is 0 Å². The van der Waals surface area contributed by atoms with E-state index in [4.69, 9.17) is 0 Å². The number of halogens is 1. The first kappa shape index (κ1) is 9.61. The Morgan fingerprint density at radius 1 is 1.75 bits per heavy atom. The van der Waals surface area contributed by atoms with Crippen molar-refractivity contribution in [2.24, 2.45) is 0 Å². The number of hydrogen-bond donors (Lipinski definition) is 1. The van der Waals surface area contributed by atoms with Crippen molar-refractivity contribution in [3.63, 3.8) is 0 Å². The number of alkyl halides is 1. The van der Waals surface area contributed by atoms with Crippen LogP contribution in [0.2, 0.25) is 0 Å². The van der Waals surface area contributed by atoms with E-state index in [1.54, 1.807) is 11.3 Å². The molecule has 1 N–H and O–H groups in total. The van der Waals surface area contributed by atoms with Crippen LogP contribution in [0.25, 0.3) is 0 Å². The van der Waals surface area contributed by atoms with E-state index in [9.17, 15) is 4.39 Å². The molecular formula is C8H13FN2S. The van der Waals surface area contributed by atoms with Crippen molar-refractivity contribution >= 4 is 11.3 Å². The normalized spacial score (nSPS) is 13.2. The van der Waals surface area contributed by atoms with E-state index in [1.807, 2.05) is 17.8 Å². The molecule has 0 saturated heterocycles. The third kappa shape index (κ3) is 2.87. The second-order valence-corrected chi connectivity index (χ2v) is 3.35. The van der Waals surface area contributed by atoms with Crippen molar-refractivity contribution in [1.82, 2.24) is 10.3 Å². The van der Waals surface area contributed by atoms with Crippen molar-refractivity contribution in [2.45, 2.75) is 19.4 Å². The number of thiazole rings is 1. The summed E-state index contributed by atoms with van der Waals surface area (Å²) < 4.78 is 11.7. The van der Waals surface area contributed by atoms with Crippen LogP contribution in [0.4, 0.5) is 4.39 Å². The Kier molecular flexibility index (Phi) is 4.18. The summed E-state index contributed by atoms with van der Waals surface area (Å²) in [7, 11) is 0. The van der Waals surface area contributed by atoms with Gasteiger partial charge in [-0.2, -0.15) is 0 Å². The molecule has 0 radical (unpaired) electrons. The molecule has 0 bridgehead atoms. The molecule has 1 aromatic heterocycles. The molecule has 0 aromatic carbocycles. The highest BCUT2D eigenvalue weighted by molar-refractivity contribution is 7.07. The van der Waals surface area contributed by atoms with Gasteiger partial charge in [-0.05, 0) is 19.9 Å². The summed E-state index contributed by atoms with van der Waals surface area (Å²) in [5, 5.41) is 5.20. The Balaban J connectivity index is 2.25. The molecule has 0 aliphatic heterocycles. The van der Waals surface area contributed by atoms with Crippen molar-refractivity contribution in [3.8, 4) is 0 Å². The molecule has 1 aromatic rings. The Morgan fingerprint density at radius 3 is 3.17 bits per heavy atom. The second-order valence-electron chi connectivity index (χ2n) is 2.63. The summed E-state index contributed by atoms with van der Waals surface area (Å²) in [5.74, 6) is 0. The van der Waals surface area contributed by atoms with Gasteiger partial charge < -0.3 is 5.32 Å². The SMILES string of the molecule is CC(NCCCF)c1cscn1. The van der Waals surface area contributed by atoms with Gasteiger partial charge in [0.25, 0.3) is 0 Å². The lowest BCUT2D eigenvalue weighted by molar-refractivity contribution is 0.444. The van der Waals surface area contributed by atoms with E-state index < -0.39 is 0 Å². The van der Waals surface area contributed by atoms with Crippen LogP contribution >= 0.6 is 11.3 Å². The largest absolute Gasteiger partial charge is 0.309 e.